The number of carbonyl (C=O) groups excluding carboxylic acids is 2. The number of amides is 1. The molecule has 0 spiro atoms. The molecule has 90 valence electrons. The third kappa shape index (κ3) is 8.09. The van der Waals surface area contributed by atoms with Gasteiger partial charge < -0.3 is 11.1 Å². The molecule has 0 radical (unpaired) electrons. The van der Waals surface area contributed by atoms with E-state index in [9.17, 15) is 9.59 Å². The van der Waals surface area contributed by atoms with Crippen molar-refractivity contribution in [1.29, 1.82) is 0 Å². The van der Waals surface area contributed by atoms with Crippen LogP contribution in [0.3, 0.4) is 0 Å². The third-order valence-electron chi connectivity index (χ3n) is 1.57. The van der Waals surface area contributed by atoms with Gasteiger partial charge in [0.25, 0.3) is 5.91 Å². The van der Waals surface area contributed by atoms with Gasteiger partial charge in [0.2, 0.25) is 5.78 Å². The largest absolute Gasteiger partial charge is 0.346 e. The van der Waals surface area contributed by atoms with Crippen LogP contribution >= 0.6 is 12.6 Å². The highest BCUT2D eigenvalue weighted by Gasteiger charge is 2.20. The molecule has 0 aliphatic rings. The Balaban J connectivity index is 0. The van der Waals surface area contributed by atoms with Gasteiger partial charge in [-0.25, -0.2) is 0 Å². The van der Waals surface area contributed by atoms with Crippen LogP contribution in [0.5, 0.6) is 0 Å². The van der Waals surface area contributed by atoms with E-state index < -0.39 is 17.7 Å². The van der Waals surface area contributed by atoms with Gasteiger partial charge in [0.1, 0.15) is 0 Å². The number of hydrogen-bond acceptors (Lipinski definition) is 4. The maximum Gasteiger partial charge on any atom is 0.289 e. The molecule has 0 saturated carbocycles. The summed E-state index contributed by atoms with van der Waals surface area (Å²) in [6.07, 6.45) is 8.90. The molecular formula is C11H18N2O2S. The normalized spacial score (nSPS) is 10.1. The number of thiol groups is 1. The Hall–Kier alpha value is -1.25. The van der Waals surface area contributed by atoms with E-state index >= 15 is 0 Å². The molecule has 0 aromatic rings. The quantitative estimate of drug-likeness (QED) is 0.268. The molecule has 0 bridgehead atoms. The zero-order valence-corrected chi connectivity index (χ0v) is 10.3. The highest BCUT2D eigenvalue weighted by atomic mass is 32.1. The lowest BCUT2D eigenvalue weighted by atomic mass is 10.1. The monoisotopic (exact) mass is 242 g/mol. The molecule has 4 nitrogen and oxygen atoms in total. The fourth-order valence-electron chi connectivity index (χ4n) is 0.790. The molecule has 0 aromatic heterocycles. The lowest BCUT2D eigenvalue weighted by Crippen LogP contribution is -2.42. The van der Waals surface area contributed by atoms with Gasteiger partial charge in [0.15, 0.2) is 0 Å². The predicted octanol–water partition coefficient (Wildman–Crippen LogP) is 0.144. The number of carbonyl (C=O) groups is 2. The molecule has 1 amide bonds. The van der Waals surface area contributed by atoms with Crippen LogP contribution in [-0.2, 0) is 9.59 Å². The molecule has 3 N–H and O–H groups in total. The molecule has 0 aliphatic heterocycles. The van der Waals surface area contributed by atoms with Crippen LogP contribution in [0.4, 0.5) is 0 Å². The fraction of sp³-hybridized carbons (Fsp3) is 0.455. The Morgan fingerprint density at radius 1 is 1.62 bits per heavy atom. The van der Waals surface area contributed by atoms with Crippen molar-refractivity contribution in [3.05, 3.63) is 12.7 Å². The van der Waals surface area contributed by atoms with Crippen molar-refractivity contribution >= 4 is 24.3 Å². The number of nitrogens with one attached hydrogen (secondary N) is 1. The highest BCUT2D eigenvalue weighted by Crippen LogP contribution is 1.94. The molecule has 0 heterocycles. The van der Waals surface area contributed by atoms with Crippen molar-refractivity contribution in [2.24, 2.45) is 5.73 Å². The molecular weight excluding hydrogens is 224 g/mol. The summed E-state index contributed by atoms with van der Waals surface area (Å²) in [7, 11) is 0. The lowest BCUT2D eigenvalue weighted by molar-refractivity contribution is -0.138. The van der Waals surface area contributed by atoms with Crippen LogP contribution in [0.15, 0.2) is 12.7 Å². The Morgan fingerprint density at radius 2 is 2.19 bits per heavy atom. The molecule has 1 unspecified atom stereocenters. The van der Waals surface area contributed by atoms with Gasteiger partial charge in [0, 0.05) is 13.0 Å². The van der Waals surface area contributed by atoms with E-state index in [1.165, 1.54) is 6.08 Å². The summed E-state index contributed by atoms with van der Waals surface area (Å²) in [6, 6.07) is -0.809. The smallest absolute Gasteiger partial charge is 0.289 e. The van der Waals surface area contributed by atoms with E-state index in [1.807, 2.05) is 0 Å². The maximum absolute atomic E-state index is 11.2. The van der Waals surface area contributed by atoms with Crippen molar-refractivity contribution in [3.63, 3.8) is 0 Å². The summed E-state index contributed by atoms with van der Waals surface area (Å²) in [6.45, 7) is 3.66. The minimum absolute atomic E-state index is 0.256. The molecule has 0 saturated heterocycles. The Bertz CT molecular complexity index is 272. The van der Waals surface area contributed by atoms with Crippen LogP contribution in [0.1, 0.15) is 12.8 Å². The summed E-state index contributed by atoms with van der Waals surface area (Å²) in [5.74, 6) is 1.03. The number of ketones is 1. The average molecular weight is 242 g/mol. The number of nitrogens with two attached hydrogens (primary N) is 1. The first kappa shape index (κ1) is 17.2. The van der Waals surface area contributed by atoms with E-state index in [2.05, 4.69) is 30.4 Å². The van der Waals surface area contributed by atoms with Gasteiger partial charge in [0.05, 0.1) is 6.04 Å². The van der Waals surface area contributed by atoms with Crippen molar-refractivity contribution < 1.29 is 9.59 Å². The van der Waals surface area contributed by atoms with Crippen molar-refractivity contribution in [2.45, 2.75) is 18.9 Å². The second-order valence-electron chi connectivity index (χ2n) is 2.71. The van der Waals surface area contributed by atoms with Crippen LogP contribution in [-0.4, -0.2) is 30.5 Å². The van der Waals surface area contributed by atoms with E-state index in [1.54, 1.807) is 6.26 Å². The Labute approximate surface area is 102 Å². The fourth-order valence-corrected chi connectivity index (χ4v) is 0.790. The zero-order chi connectivity index (χ0) is 13.0. The number of hydrogen-bond donors (Lipinski definition) is 3. The van der Waals surface area contributed by atoms with Gasteiger partial charge in [-0.05, 0) is 12.7 Å². The number of rotatable bonds is 6. The van der Waals surface area contributed by atoms with Crippen molar-refractivity contribution in [2.75, 3.05) is 12.8 Å². The first-order valence-electron chi connectivity index (χ1n) is 4.70. The van der Waals surface area contributed by atoms with Gasteiger partial charge in [-0.15, -0.1) is 18.9 Å². The first-order chi connectivity index (χ1) is 7.63. The molecule has 5 heteroatoms. The molecule has 1 atom stereocenters. The molecule has 0 aliphatic carbocycles. The minimum Gasteiger partial charge on any atom is -0.346 e. The SMILES string of the molecule is C#CCCC(N)C(=O)C(=O)NCC=C.CS. The second kappa shape index (κ2) is 11.8. The van der Waals surface area contributed by atoms with E-state index in [0.717, 1.165) is 0 Å². The number of Topliss-reactive ketones (excluding diaryl/α,β-unsaturated/α-hetero) is 1. The lowest BCUT2D eigenvalue weighted by Gasteiger charge is -2.07. The predicted molar refractivity (Wildman–Crippen MR) is 69.2 cm³/mol. The number of terminal acetylenes is 1. The third-order valence-corrected chi connectivity index (χ3v) is 1.57. The van der Waals surface area contributed by atoms with Gasteiger partial charge in [-0.2, -0.15) is 12.6 Å². The summed E-state index contributed by atoms with van der Waals surface area (Å²) >= 11 is 3.53. The zero-order valence-electron chi connectivity index (χ0n) is 9.40. The Morgan fingerprint density at radius 3 is 2.62 bits per heavy atom. The topological polar surface area (TPSA) is 72.2 Å². The van der Waals surface area contributed by atoms with Gasteiger partial charge in [-0.1, -0.05) is 6.08 Å². The summed E-state index contributed by atoms with van der Waals surface area (Å²) in [5, 5.41) is 2.35. The summed E-state index contributed by atoms with van der Waals surface area (Å²) in [4.78, 5) is 22.3. The molecule has 0 aromatic carbocycles. The molecule has 0 fully saturated rings. The van der Waals surface area contributed by atoms with Gasteiger partial charge in [-0.3, -0.25) is 9.59 Å². The molecule has 0 rings (SSSR count). The van der Waals surface area contributed by atoms with Crippen molar-refractivity contribution in [3.8, 4) is 12.3 Å². The second-order valence-corrected chi connectivity index (χ2v) is 2.71. The Kier molecular flexibility index (Phi) is 12.7. The minimum atomic E-state index is -0.809. The average Bonchev–Trinajstić information content (AvgIpc) is 2.34. The molecule has 16 heavy (non-hydrogen) atoms. The van der Waals surface area contributed by atoms with Crippen LogP contribution in [0, 0.1) is 12.3 Å². The summed E-state index contributed by atoms with van der Waals surface area (Å²) < 4.78 is 0. The summed E-state index contributed by atoms with van der Waals surface area (Å²) in [5.41, 5.74) is 5.44. The van der Waals surface area contributed by atoms with Crippen LogP contribution in [0.25, 0.3) is 0 Å². The maximum atomic E-state index is 11.2. The standard InChI is InChI=1S/C10H14N2O2.CH4S/c1-3-5-6-8(11)9(13)10(14)12-7-4-2;1-2/h1,4,8H,2,5-7,11H2,(H,12,14);2H,1H3. The van der Waals surface area contributed by atoms with Gasteiger partial charge >= 0.3 is 0 Å². The van der Waals surface area contributed by atoms with Crippen LogP contribution < -0.4 is 11.1 Å². The van der Waals surface area contributed by atoms with E-state index in [0.29, 0.717) is 12.8 Å². The van der Waals surface area contributed by atoms with Crippen LogP contribution in [0.2, 0.25) is 0 Å². The van der Waals surface area contributed by atoms with E-state index in [-0.39, 0.29) is 6.54 Å². The van der Waals surface area contributed by atoms with E-state index in [4.69, 9.17) is 12.2 Å². The van der Waals surface area contributed by atoms with Crippen molar-refractivity contribution in [1.82, 2.24) is 5.32 Å². The first-order valence-corrected chi connectivity index (χ1v) is 5.59. The highest BCUT2D eigenvalue weighted by molar-refractivity contribution is 7.79.